The maximum Gasteiger partial charge on any atom is 0.264 e. The van der Waals surface area contributed by atoms with E-state index in [4.69, 9.17) is 19.1 Å². The van der Waals surface area contributed by atoms with Gasteiger partial charge in [0.1, 0.15) is 11.5 Å². The zero-order chi connectivity index (χ0) is 29.9. The summed E-state index contributed by atoms with van der Waals surface area (Å²) in [6.45, 7) is 2.84. The van der Waals surface area contributed by atoms with E-state index in [1.54, 1.807) is 13.4 Å². The molecule has 0 radical (unpaired) electrons. The van der Waals surface area contributed by atoms with Gasteiger partial charge in [0.25, 0.3) is 5.91 Å². The molecule has 1 fully saturated rings. The molecule has 2 aromatic carbocycles. The second-order valence-electron chi connectivity index (χ2n) is 9.74. The summed E-state index contributed by atoms with van der Waals surface area (Å²) < 4.78 is 64.4. The van der Waals surface area contributed by atoms with E-state index in [9.17, 15) is 22.0 Å². The molecule has 2 N–H and O–H groups in total. The molecule has 224 valence electrons. The Morgan fingerprint density at radius 2 is 1.76 bits per heavy atom. The van der Waals surface area contributed by atoms with Gasteiger partial charge in [-0.3, -0.25) is 10.0 Å². The van der Waals surface area contributed by atoms with Gasteiger partial charge in [0, 0.05) is 45.0 Å². The Balaban J connectivity index is 0.000000233. The summed E-state index contributed by atoms with van der Waals surface area (Å²) >= 11 is 0. The van der Waals surface area contributed by atoms with Crippen molar-refractivity contribution in [2.45, 2.75) is 30.4 Å². The van der Waals surface area contributed by atoms with E-state index >= 15 is 0 Å². The average Bonchev–Trinajstić information content (AvgIpc) is 3.45. The van der Waals surface area contributed by atoms with Gasteiger partial charge < -0.3 is 18.8 Å². The first-order valence-electron chi connectivity index (χ1n) is 13.2. The number of aryl methyl sites for hydroxylation is 1. The molecule has 1 saturated heterocycles. The number of carbonyl (C=O) groups is 1. The first-order valence-corrected chi connectivity index (χ1v) is 15.0. The lowest BCUT2D eigenvalue weighted by Gasteiger charge is -2.38. The standard InChI is InChI=1S/C19H16F2O2.C10H20N2O5S/c20-18-9-8-14(12-19(18)21)15-11-17(23-13-15)7-4-10-22-16-5-2-1-3-6-16;1-17-8-7-12-5-3-10(4-6-12,9(13)11-14)18(2,15)16/h1-3,5-6,8-9,11-13H,4,7,10H2;14H,3-8H2,1-2H3,(H,11,13). The Bertz CT molecular complexity index is 1360. The molecule has 2 heterocycles. The van der Waals surface area contributed by atoms with E-state index in [0.29, 0.717) is 38.4 Å². The number of methoxy groups -OCH3 is 1. The van der Waals surface area contributed by atoms with Gasteiger partial charge in [-0.05, 0) is 55.2 Å². The molecule has 1 aliphatic heterocycles. The summed E-state index contributed by atoms with van der Waals surface area (Å²) in [5.74, 6) is -0.913. The molecule has 4 rings (SSSR count). The summed E-state index contributed by atoms with van der Waals surface area (Å²) in [6, 6.07) is 15.3. The molecule has 1 aliphatic rings. The fraction of sp³-hybridized carbons (Fsp3) is 0.414. The van der Waals surface area contributed by atoms with Crippen molar-refractivity contribution in [2.75, 3.05) is 46.2 Å². The lowest BCUT2D eigenvalue weighted by atomic mass is 9.95. The number of hydrogen-bond acceptors (Lipinski definition) is 8. The number of furan rings is 1. The molecule has 0 bridgehead atoms. The maximum atomic E-state index is 13.3. The highest BCUT2D eigenvalue weighted by molar-refractivity contribution is 7.92. The largest absolute Gasteiger partial charge is 0.494 e. The number of piperidine rings is 1. The van der Waals surface area contributed by atoms with E-state index < -0.39 is 32.1 Å². The Hall–Kier alpha value is -3.32. The number of benzene rings is 2. The Kier molecular flexibility index (Phi) is 11.8. The fourth-order valence-corrected chi connectivity index (χ4v) is 5.82. The van der Waals surface area contributed by atoms with E-state index in [0.717, 1.165) is 42.2 Å². The number of hydrogen-bond donors (Lipinski definition) is 2. The third kappa shape index (κ3) is 8.83. The first-order chi connectivity index (χ1) is 19.6. The van der Waals surface area contributed by atoms with Crippen LogP contribution in [0.5, 0.6) is 5.75 Å². The van der Waals surface area contributed by atoms with Crippen LogP contribution < -0.4 is 10.2 Å². The minimum absolute atomic E-state index is 0.182. The number of rotatable bonds is 11. The quantitative estimate of drug-likeness (QED) is 0.192. The van der Waals surface area contributed by atoms with E-state index in [1.165, 1.54) is 17.6 Å². The molecule has 1 aromatic heterocycles. The molecule has 1 amide bonds. The smallest absolute Gasteiger partial charge is 0.264 e. The normalized spacial score (nSPS) is 15.0. The Morgan fingerprint density at radius 3 is 2.37 bits per heavy atom. The number of likely N-dealkylation sites (tertiary alicyclic amines) is 1. The molecule has 0 saturated carbocycles. The van der Waals surface area contributed by atoms with Gasteiger partial charge in [0.05, 0.1) is 19.5 Å². The number of para-hydroxylation sites is 1. The number of halogens is 2. The number of carbonyl (C=O) groups excluding carboxylic acids is 1. The fourth-order valence-electron chi connectivity index (χ4n) is 4.52. The highest BCUT2D eigenvalue weighted by atomic mass is 32.2. The van der Waals surface area contributed by atoms with Gasteiger partial charge >= 0.3 is 0 Å². The van der Waals surface area contributed by atoms with Crippen molar-refractivity contribution in [2.24, 2.45) is 0 Å². The van der Waals surface area contributed by atoms with Crippen LogP contribution in [0.4, 0.5) is 8.78 Å². The minimum atomic E-state index is -3.57. The molecule has 0 unspecified atom stereocenters. The third-order valence-electron chi connectivity index (χ3n) is 6.99. The number of ether oxygens (including phenoxy) is 2. The van der Waals surface area contributed by atoms with E-state index in [-0.39, 0.29) is 12.8 Å². The van der Waals surface area contributed by atoms with Crippen molar-refractivity contribution in [1.29, 1.82) is 0 Å². The Labute approximate surface area is 238 Å². The molecule has 12 heteroatoms. The second kappa shape index (κ2) is 15.1. The van der Waals surface area contributed by atoms with Crippen molar-refractivity contribution >= 4 is 15.7 Å². The number of nitrogens with one attached hydrogen (secondary N) is 1. The number of amides is 1. The van der Waals surface area contributed by atoms with Gasteiger partial charge in [-0.25, -0.2) is 22.7 Å². The van der Waals surface area contributed by atoms with E-state index in [1.807, 2.05) is 41.3 Å². The van der Waals surface area contributed by atoms with Gasteiger partial charge in [0.2, 0.25) is 0 Å². The van der Waals surface area contributed by atoms with Crippen molar-refractivity contribution < 1.29 is 41.1 Å². The van der Waals surface area contributed by atoms with E-state index in [2.05, 4.69) is 0 Å². The van der Waals surface area contributed by atoms with Gasteiger partial charge in [-0.1, -0.05) is 24.3 Å². The summed E-state index contributed by atoms with van der Waals surface area (Å²) in [6.07, 6.45) is 4.48. The molecular formula is C29H36F2N2O7S. The zero-order valence-electron chi connectivity index (χ0n) is 23.1. The van der Waals surface area contributed by atoms with Crippen LogP contribution in [0.2, 0.25) is 0 Å². The molecule has 3 aromatic rings. The van der Waals surface area contributed by atoms with Crippen LogP contribution in [-0.4, -0.2) is 75.4 Å². The topological polar surface area (TPSA) is 118 Å². The average molecular weight is 595 g/mol. The zero-order valence-corrected chi connectivity index (χ0v) is 24.0. The van der Waals surface area contributed by atoms with Gasteiger partial charge in [-0.2, -0.15) is 0 Å². The van der Waals surface area contributed by atoms with Crippen LogP contribution in [0.3, 0.4) is 0 Å². The maximum absolute atomic E-state index is 13.3. The molecule has 0 atom stereocenters. The van der Waals surface area contributed by atoms with Crippen LogP contribution in [-0.2, 0) is 25.8 Å². The van der Waals surface area contributed by atoms with Crippen LogP contribution in [0.1, 0.15) is 25.0 Å². The SMILES string of the molecule is COCCN1CCC(C(=O)NO)(S(C)(=O)=O)CC1.Fc1ccc(-c2coc(CCCOc3ccccc3)c2)cc1F. The third-order valence-corrected chi connectivity index (χ3v) is 9.00. The van der Waals surface area contributed by atoms with Crippen molar-refractivity contribution in [1.82, 2.24) is 10.4 Å². The van der Waals surface area contributed by atoms with Crippen LogP contribution in [0.15, 0.2) is 65.3 Å². The molecule has 0 aliphatic carbocycles. The molecule has 0 spiro atoms. The molecular weight excluding hydrogens is 558 g/mol. The first kappa shape index (κ1) is 32.2. The second-order valence-corrected chi connectivity index (χ2v) is 12.1. The molecule has 9 nitrogen and oxygen atoms in total. The highest BCUT2D eigenvalue weighted by Crippen LogP contribution is 2.30. The summed E-state index contributed by atoms with van der Waals surface area (Å²) in [4.78, 5) is 13.7. The van der Waals surface area contributed by atoms with Crippen LogP contribution in [0, 0.1) is 11.6 Å². The highest BCUT2D eigenvalue weighted by Gasteiger charge is 2.49. The predicted molar refractivity (Wildman–Crippen MR) is 149 cm³/mol. The minimum Gasteiger partial charge on any atom is -0.494 e. The monoisotopic (exact) mass is 594 g/mol. The summed E-state index contributed by atoms with van der Waals surface area (Å²) in [7, 11) is -1.97. The van der Waals surface area contributed by atoms with Crippen molar-refractivity contribution in [3.05, 3.63) is 78.3 Å². The Morgan fingerprint density at radius 1 is 1.05 bits per heavy atom. The van der Waals surface area contributed by atoms with Gasteiger partial charge in [0.15, 0.2) is 26.2 Å². The lowest BCUT2D eigenvalue weighted by molar-refractivity contribution is -0.133. The lowest BCUT2D eigenvalue weighted by Crippen LogP contribution is -2.57. The number of hydroxylamine groups is 1. The van der Waals surface area contributed by atoms with Crippen LogP contribution in [0.25, 0.3) is 11.1 Å². The predicted octanol–water partition coefficient (Wildman–Crippen LogP) is 4.25. The van der Waals surface area contributed by atoms with Gasteiger partial charge in [-0.15, -0.1) is 0 Å². The molecule has 41 heavy (non-hydrogen) atoms. The summed E-state index contributed by atoms with van der Waals surface area (Å²) in [5.41, 5.74) is 2.81. The van der Waals surface area contributed by atoms with Crippen molar-refractivity contribution in [3.63, 3.8) is 0 Å². The van der Waals surface area contributed by atoms with Crippen molar-refractivity contribution in [3.8, 4) is 16.9 Å². The number of sulfone groups is 1. The summed E-state index contributed by atoms with van der Waals surface area (Å²) in [5, 5.41) is 8.73. The number of nitrogens with zero attached hydrogens (tertiary/aromatic N) is 1. The van der Waals surface area contributed by atoms with Crippen LogP contribution >= 0.6 is 0 Å².